The molecule has 4 nitrogen and oxygen atoms in total. The smallest absolute Gasteiger partial charge is 0.259 e. The lowest BCUT2D eigenvalue weighted by Gasteiger charge is -2.33. The standard InChI is InChI=1S/C20H25FN2O2/c1-3-18-19(14(2)25-22-18)20(24)23-12-4-5-16(13-23)7-6-15-8-10-17(21)11-9-15/h8-11,16H,3-7,12-13H2,1-2H3. The Morgan fingerprint density at radius 1 is 1.36 bits per heavy atom. The molecular weight excluding hydrogens is 319 g/mol. The molecule has 2 aromatic rings. The summed E-state index contributed by atoms with van der Waals surface area (Å²) in [5, 5.41) is 4.00. The summed E-state index contributed by atoms with van der Waals surface area (Å²) in [4.78, 5) is 14.8. The highest BCUT2D eigenvalue weighted by Gasteiger charge is 2.28. The van der Waals surface area contributed by atoms with E-state index in [0.29, 0.717) is 23.7 Å². The summed E-state index contributed by atoms with van der Waals surface area (Å²) >= 11 is 0. The number of piperidine rings is 1. The largest absolute Gasteiger partial charge is 0.361 e. The lowest BCUT2D eigenvalue weighted by molar-refractivity contribution is 0.0665. The predicted molar refractivity (Wildman–Crippen MR) is 94.0 cm³/mol. The molecule has 2 heterocycles. The molecule has 0 N–H and O–H groups in total. The van der Waals surface area contributed by atoms with Crippen LogP contribution >= 0.6 is 0 Å². The molecule has 5 heteroatoms. The molecule has 25 heavy (non-hydrogen) atoms. The van der Waals surface area contributed by atoms with Gasteiger partial charge in [0.1, 0.15) is 17.1 Å². The Morgan fingerprint density at radius 2 is 2.12 bits per heavy atom. The Labute approximate surface area is 148 Å². The third-order valence-corrected chi connectivity index (χ3v) is 5.04. The van der Waals surface area contributed by atoms with E-state index in [2.05, 4.69) is 5.16 Å². The number of aromatic nitrogens is 1. The van der Waals surface area contributed by atoms with E-state index in [4.69, 9.17) is 4.52 Å². The maximum atomic E-state index is 13.0. The van der Waals surface area contributed by atoms with Crippen LogP contribution in [0.5, 0.6) is 0 Å². The van der Waals surface area contributed by atoms with E-state index in [9.17, 15) is 9.18 Å². The van der Waals surface area contributed by atoms with Crippen molar-refractivity contribution in [2.24, 2.45) is 5.92 Å². The van der Waals surface area contributed by atoms with Crippen LogP contribution in [0, 0.1) is 18.7 Å². The monoisotopic (exact) mass is 344 g/mol. The van der Waals surface area contributed by atoms with Gasteiger partial charge in [-0.1, -0.05) is 24.2 Å². The van der Waals surface area contributed by atoms with Gasteiger partial charge >= 0.3 is 0 Å². The molecule has 1 atom stereocenters. The van der Waals surface area contributed by atoms with Crippen molar-refractivity contribution in [2.45, 2.75) is 46.0 Å². The number of likely N-dealkylation sites (tertiary alicyclic amines) is 1. The van der Waals surface area contributed by atoms with Crippen LogP contribution in [0.3, 0.4) is 0 Å². The number of halogens is 1. The number of nitrogens with zero attached hydrogens (tertiary/aromatic N) is 2. The summed E-state index contributed by atoms with van der Waals surface area (Å²) in [6, 6.07) is 6.70. The topological polar surface area (TPSA) is 46.3 Å². The maximum absolute atomic E-state index is 13.0. The number of amides is 1. The molecular formula is C20H25FN2O2. The lowest BCUT2D eigenvalue weighted by atomic mass is 9.91. The van der Waals surface area contributed by atoms with Crippen LogP contribution < -0.4 is 0 Å². The van der Waals surface area contributed by atoms with E-state index >= 15 is 0 Å². The molecule has 134 valence electrons. The Morgan fingerprint density at radius 3 is 2.84 bits per heavy atom. The molecule has 3 rings (SSSR count). The second-order valence-electron chi connectivity index (χ2n) is 6.84. The van der Waals surface area contributed by atoms with Gasteiger partial charge < -0.3 is 9.42 Å². The number of carbonyl (C=O) groups is 1. The highest BCUT2D eigenvalue weighted by atomic mass is 19.1. The van der Waals surface area contributed by atoms with Gasteiger partial charge in [0.05, 0.1) is 5.69 Å². The van der Waals surface area contributed by atoms with Crippen molar-refractivity contribution < 1.29 is 13.7 Å². The number of aryl methyl sites for hydroxylation is 3. The molecule has 1 aromatic carbocycles. The van der Waals surface area contributed by atoms with Gasteiger partial charge in [0.15, 0.2) is 0 Å². The van der Waals surface area contributed by atoms with Crippen LogP contribution in [0.15, 0.2) is 28.8 Å². The van der Waals surface area contributed by atoms with Crippen molar-refractivity contribution in [2.75, 3.05) is 13.1 Å². The van der Waals surface area contributed by atoms with Crippen LogP contribution in [-0.2, 0) is 12.8 Å². The second-order valence-corrected chi connectivity index (χ2v) is 6.84. The van der Waals surface area contributed by atoms with Crippen molar-refractivity contribution in [1.29, 1.82) is 0 Å². The van der Waals surface area contributed by atoms with Crippen LogP contribution in [-0.4, -0.2) is 29.1 Å². The van der Waals surface area contributed by atoms with Gasteiger partial charge in [-0.2, -0.15) is 0 Å². The van der Waals surface area contributed by atoms with Crippen molar-refractivity contribution in [3.05, 3.63) is 52.7 Å². The fourth-order valence-electron chi connectivity index (χ4n) is 3.60. The summed E-state index contributed by atoms with van der Waals surface area (Å²) in [6.07, 6.45) is 4.78. The number of carbonyl (C=O) groups excluding carboxylic acids is 1. The summed E-state index contributed by atoms with van der Waals surface area (Å²) < 4.78 is 18.2. The molecule has 1 aromatic heterocycles. The first-order valence-electron chi connectivity index (χ1n) is 9.07. The van der Waals surface area contributed by atoms with E-state index < -0.39 is 0 Å². The maximum Gasteiger partial charge on any atom is 0.259 e. The van der Waals surface area contributed by atoms with E-state index in [1.165, 1.54) is 12.1 Å². The lowest BCUT2D eigenvalue weighted by Crippen LogP contribution is -2.40. The Balaban J connectivity index is 1.61. The molecule has 1 unspecified atom stereocenters. The molecule has 1 aliphatic heterocycles. The minimum absolute atomic E-state index is 0.0436. The van der Waals surface area contributed by atoms with Crippen LogP contribution in [0.2, 0.25) is 0 Å². The highest BCUT2D eigenvalue weighted by molar-refractivity contribution is 5.96. The van der Waals surface area contributed by atoms with E-state index in [1.807, 2.05) is 24.0 Å². The van der Waals surface area contributed by atoms with Gasteiger partial charge in [-0.3, -0.25) is 4.79 Å². The molecule has 0 aliphatic carbocycles. The Kier molecular flexibility index (Phi) is 5.51. The highest BCUT2D eigenvalue weighted by Crippen LogP contribution is 2.25. The summed E-state index contributed by atoms with van der Waals surface area (Å²) in [5.41, 5.74) is 2.53. The minimum atomic E-state index is -0.200. The molecule has 1 fully saturated rings. The number of rotatable bonds is 5. The van der Waals surface area contributed by atoms with Crippen molar-refractivity contribution in [1.82, 2.24) is 10.1 Å². The molecule has 0 saturated carbocycles. The average Bonchev–Trinajstić information content (AvgIpc) is 3.01. The number of hydrogen-bond acceptors (Lipinski definition) is 3. The quantitative estimate of drug-likeness (QED) is 0.818. The molecule has 1 saturated heterocycles. The molecule has 0 bridgehead atoms. The third-order valence-electron chi connectivity index (χ3n) is 5.04. The Bertz CT molecular complexity index is 724. The number of hydrogen-bond donors (Lipinski definition) is 0. The summed E-state index contributed by atoms with van der Waals surface area (Å²) in [5.74, 6) is 0.930. The van der Waals surface area contributed by atoms with Gasteiger partial charge in [-0.15, -0.1) is 0 Å². The van der Waals surface area contributed by atoms with Crippen LogP contribution in [0.4, 0.5) is 4.39 Å². The fraction of sp³-hybridized carbons (Fsp3) is 0.500. The van der Waals surface area contributed by atoms with Gasteiger partial charge in [0, 0.05) is 13.1 Å². The average molecular weight is 344 g/mol. The second kappa shape index (κ2) is 7.81. The zero-order valence-electron chi connectivity index (χ0n) is 14.9. The fourth-order valence-corrected chi connectivity index (χ4v) is 3.60. The third kappa shape index (κ3) is 4.09. The molecule has 0 radical (unpaired) electrons. The summed E-state index contributed by atoms with van der Waals surface area (Å²) in [7, 11) is 0. The van der Waals surface area contributed by atoms with Gasteiger partial charge in [-0.25, -0.2) is 4.39 Å². The molecule has 1 aliphatic rings. The van der Waals surface area contributed by atoms with Crippen molar-refractivity contribution >= 4 is 5.91 Å². The summed E-state index contributed by atoms with van der Waals surface area (Å²) in [6.45, 7) is 5.35. The van der Waals surface area contributed by atoms with Crippen molar-refractivity contribution in [3.63, 3.8) is 0 Å². The first-order valence-corrected chi connectivity index (χ1v) is 9.07. The van der Waals surface area contributed by atoms with E-state index in [-0.39, 0.29) is 11.7 Å². The van der Waals surface area contributed by atoms with E-state index in [1.54, 1.807) is 6.92 Å². The normalized spacial score (nSPS) is 17.7. The zero-order valence-corrected chi connectivity index (χ0v) is 14.9. The van der Waals surface area contributed by atoms with Crippen LogP contribution in [0.1, 0.15) is 53.6 Å². The van der Waals surface area contributed by atoms with Crippen molar-refractivity contribution in [3.8, 4) is 0 Å². The zero-order chi connectivity index (χ0) is 17.8. The number of benzene rings is 1. The van der Waals surface area contributed by atoms with Gasteiger partial charge in [0.25, 0.3) is 5.91 Å². The SMILES string of the molecule is CCc1noc(C)c1C(=O)N1CCCC(CCc2ccc(F)cc2)C1. The van der Waals surface area contributed by atoms with Crippen LogP contribution in [0.25, 0.3) is 0 Å². The minimum Gasteiger partial charge on any atom is -0.361 e. The van der Waals surface area contributed by atoms with E-state index in [0.717, 1.165) is 50.0 Å². The Hall–Kier alpha value is -2.17. The first kappa shape index (κ1) is 17.6. The molecule has 0 spiro atoms. The van der Waals surface area contributed by atoms with Gasteiger partial charge in [-0.05, 0) is 62.6 Å². The predicted octanol–water partition coefficient (Wildman–Crippen LogP) is 4.17. The van der Waals surface area contributed by atoms with Gasteiger partial charge in [0.2, 0.25) is 0 Å². The molecule has 1 amide bonds. The first-order chi connectivity index (χ1) is 12.1.